The molecule has 0 unspecified atom stereocenters. The lowest BCUT2D eigenvalue weighted by Crippen LogP contribution is -2.25. The van der Waals surface area contributed by atoms with Crippen molar-refractivity contribution in [1.82, 2.24) is 0 Å². The topological polar surface area (TPSA) is 70.0 Å². The zero-order valence-electron chi connectivity index (χ0n) is 11.1. The molecular formula is C14H12F2N2O3. The van der Waals surface area contributed by atoms with E-state index in [4.69, 9.17) is 5.11 Å². The first-order valence-corrected chi connectivity index (χ1v) is 6.11. The van der Waals surface area contributed by atoms with Crippen molar-refractivity contribution in [2.75, 3.05) is 5.01 Å². The summed E-state index contributed by atoms with van der Waals surface area (Å²) < 4.78 is 27.4. The molecule has 0 aliphatic carbocycles. The van der Waals surface area contributed by atoms with Crippen LogP contribution in [0.2, 0.25) is 0 Å². The predicted molar refractivity (Wildman–Crippen MR) is 72.7 cm³/mol. The lowest BCUT2D eigenvalue weighted by Gasteiger charge is -2.12. The Morgan fingerprint density at radius 2 is 2.00 bits per heavy atom. The fraction of sp³-hybridized carbons (Fsp3) is 0.214. The minimum atomic E-state index is -3.28. The number of benzene rings is 1. The van der Waals surface area contributed by atoms with E-state index in [1.54, 1.807) is 0 Å². The lowest BCUT2D eigenvalue weighted by molar-refractivity contribution is -0.117. The molecule has 1 aliphatic rings. The van der Waals surface area contributed by atoms with Crippen molar-refractivity contribution in [3.63, 3.8) is 0 Å². The molecule has 1 N–H and O–H groups in total. The number of carboxylic acids is 1. The van der Waals surface area contributed by atoms with Gasteiger partial charge in [0, 0.05) is 0 Å². The van der Waals surface area contributed by atoms with Crippen LogP contribution < -0.4 is 5.01 Å². The van der Waals surface area contributed by atoms with E-state index in [1.807, 2.05) is 0 Å². The monoisotopic (exact) mass is 294 g/mol. The first-order chi connectivity index (χ1) is 9.85. The van der Waals surface area contributed by atoms with Gasteiger partial charge < -0.3 is 5.11 Å². The Kier molecular flexibility index (Phi) is 3.84. The molecule has 0 atom stereocenters. The largest absolute Gasteiger partial charge is 0.478 e. The number of carboxylic acid groups (broad SMARTS) is 1. The molecule has 0 saturated heterocycles. The fourth-order valence-corrected chi connectivity index (χ4v) is 1.87. The molecule has 7 heteroatoms. The van der Waals surface area contributed by atoms with Gasteiger partial charge in [-0.3, -0.25) is 4.79 Å². The summed E-state index contributed by atoms with van der Waals surface area (Å²) in [5.41, 5.74) is -0.252. The van der Waals surface area contributed by atoms with Crippen LogP contribution in [0.3, 0.4) is 0 Å². The highest BCUT2D eigenvalue weighted by molar-refractivity contribution is 6.15. The Bertz CT molecular complexity index is 636. The minimum absolute atomic E-state index is 0.0360. The first kappa shape index (κ1) is 14.8. The average molecular weight is 294 g/mol. The van der Waals surface area contributed by atoms with Crippen LogP contribution in [-0.2, 0) is 4.79 Å². The van der Waals surface area contributed by atoms with Crippen LogP contribution in [0.1, 0.15) is 23.7 Å². The van der Waals surface area contributed by atoms with Gasteiger partial charge in [0.15, 0.2) is 0 Å². The summed E-state index contributed by atoms with van der Waals surface area (Å²) in [5, 5.41) is 13.3. The second kappa shape index (κ2) is 5.43. The van der Waals surface area contributed by atoms with Gasteiger partial charge in [0.1, 0.15) is 5.71 Å². The van der Waals surface area contributed by atoms with E-state index in [0.717, 1.165) is 5.01 Å². The molecule has 21 heavy (non-hydrogen) atoms. The van der Waals surface area contributed by atoms with Crippen LogP contribution in [0.5, 0.6) is 0 Å². The van der Waals surface area contributed by atoms with Crippen LogP contribution in [-0.4, -0.2) is 28.6 Å². The Hall–Kier alpha value is -2.57. The molecule has 110 valence electrons. The highest BCUT2D eigenvalue weighted by atomic mass is 19.3. The van der Waals surface area contributed by atoms with Gasteiger partial charge in [0.2, 0.25) is 0 Å². The molecule has 1 heterocycles. The van der Waals surface area contributed by atoms with Crippen molar-refractivity contribution in [3.05, 3.63) is 42.0 Å². The number of hydrogen-bond acceptors (Lipinski definition) is 3. The molecule has 0 bridgehead atoms. The number of anilines is 1. The maximum Gasteiger partial charge on any atom is 0.335 e. The van der Waals surface area contributed by atoms with Crippen molar-refractivity contribution in [3.8, 4) is 0 Å². The highest BCUT2D eigenvalue weighted by Gasteiger charge is 2.40. The van der Waals surface area contributed by atoms with Crippen molar-refractivity contribution >= 4 is 23.3 Å². The van der Waals surface area contributed by atoms with E-state index < -0.39 is 29.9 Å². The van der Waals surface area contributed by atoms with E-state index >= 15 is 0 Å². The van der Waals surface area contributed by atoms with Gasteiger partial charge in [-0.1, -0.05) is 6.08 Å². The summed E-state index contributed by atoms with van der Waals surface area (Å²) in [6.07, 6.45) is 1.39. The zero-order valence-corrected chi connectivity index (χ0v) is 11.1. The number of allylic oxidation sites excluding steroid dienone is 2. The van der Waals surface area contributed by atoms with Gasteiger partial charge in [0.05, 0.1) is 17.7 Å². The molecule has 0 radical (unpaired) electrons. The average Bonchev–Trinajstić information content (AvgIpc) is 2.82. The van der Waals surface area contributed by atoms with Crippen molar-refractivity contribution < 1.29 is 23.5 Å². The first-order valence-electron chi connectivity index (χ1n) is 6.11. The number of alkyl halides is 2. The lowest BCUT2D eigenvalue weighted by atomic mass is 10.1. The van der Waals surface area contributed by atoms with Gasteiger partial charge in [-0.05, 0) is 37.3 Å². The Morgan fingerprint density at radius 3 is 2.52 bits per heavy atom. The number of hydrogen-bond donors (Lipinski definition) is 1. The third kappa shape index (κ3) is 2.96. The number of carbonyl (C=O) groups is 2. The van der Waals surface area contributed by atoms with Crippen molar-refractivity contribution in [1.29, 1.82) is 0 Å². The standard InChI is InChI=1S/C14H12F2N2O3/c1-2-7-14(15,16)11-8-12(19)18(17-11)10-5-3-9(4-6-10)13(20)21/h2-7H,8H2,1H3,(H,20,21)/b7-2+. The Labute approximate surface area is 119 Å². The SMILES string of the molecule is C/C=C/C(F)(F)C1=NN(c2ccc(C(=O)O)cc2)C(=O)C1. The summed E-state index contributed by atoms with van der Waals surface area (Å²) in [7, 11) is 0. The molecular weight excluding hydrogens is 282 g/mol. The van der Waals surface area contributed by atoms with E-state index in [-0.39, 0.29) is 11.3 Å². The van der Waals surface area contributed by atoms with Crippen LogP contribution in [0.25, 0.3) is 0 Å². The molecule has 1 aromatic carbocycles. The fourth-order valence-electron chi connectivity index (χ4n) is 1.87. The van der Waals surface area contributed by atoms with Crippen LogP contribution in [0, 0.1) is 0 Å². The Morgan fingerprint density at radius 1 is 1.38 bits per heavy atom. The Balaban J connectivity index is 2.30. The summed E-state index contributed by atoms with van der Waals surface area (Å²) in [6.45, 7) is 1.45. The third-order valence-corrected chi connectivity index (χ3v) is 2.90. The summed E-state index contributed by atoms with van der Waals surface area (Å²) in [4.78, 5) is 22.5. The molecule has 2 rings (SSSR count). The maximum absolute atomic E-state index is 13.7. The van der Waals surface area contributed by atoms with Crippen LogP contribution in [0.4, 0.5) is 14.5 Å². The molecule has 1 aliphatic heterocycles. The molecule has 0 saturated carbocycles. The van der Waals surface area contributed by atoms with E-state index in [9.17, 15) is 18.4 Å². The number of amides is 1. The molecule has 1 amide bonds. The van der Waals surface area contributed by atoms with E-state index in [2.05, 4.69) is 5.10 Å². The molecule has 0 aromatic heterocycles. The smallest absolute Gasteiger partial charge is 0.335 e. The van der Waals surface area contributed by atoms with Crippen LogP contribution >= 0.6 is 0 Å². The number of halogens is 2. The summed E-state index contributed by atoms with van der Waals surface area (Å²) >= 11 is 0. The van der Waals surface area contributed by atoms with Gasteiger partial charge in [-0.25, -0.2) is 9.80 Å². The zero-order chi connectivity index (χ0) is 15.6. The van der Waals surface area contributed by atoms with Crippen LogP contribution in [0.15, 0.2) is 41.5 Å². The maximum atomic E-state index is 13.7. The molecule has 5 nitrogen and oxygen atoms in total. The van der Waals surface area contributed by atoms with E-state index in [0.29, 0.717) is 6.08 Å². The van der Waals surface area contributed by atoms with Gasteiger partial charge in [-0.2, -0.15) is 13.9 Å². The number of nitrogens with zero attached hydrogens (tertiary/aromatic N) is 2. The highest BCUT2D eigenvalue weighted by Crippen LogP contribution is 2.28. The van der Waals surface area contributed by atoms with Crippen molar-refractivity contribution in [2.24, 2.45) is 5.10 Å². The predicted octanol–water partition coefficient (Wildman–Crippen LogP) is 2.69. The quantitative estimate of drug-likeness (QED) is 0.868. The second-order valence-electron chi connectivity index (χ2n) is 4.40. The van der Waals surface area contributed by atoms with Crippen molar-refractivity contribution in [2.45, 2.75) is 19.3 Å². The molecule has 0 spiro atoms. The third-order valence-electron chi connectivity index (χ3n) is 2.90. The number of rotatable bonds is 4. The second-order valence-corrected chi connectivity index (χ2v) is 4.40. The summed E-state index contributed by atoms with van der Waals surface area (Å²) in [6, 6.07) is 5.26. The summed E-state index contributed by atoms with van der Waals surface area (Å²) in [5.74, 6) is -4.98. The molecule has 0 fully saturated rings. The number of hydrazone groups is 1. The number of carbonyl (C=O) groups excluding carboxylic acids is 1. The van der Waals surface area contributed by atoms with Gasteiger partial charge in [0.25, 0.3) is 5.91 Å². The van der Waals surface area contributed by atoms with Gasteiger partial charge >= 0.3 is 11.9 Å². The molecule has 1 aromatic rings. The van der Waals surface area contributed by atoms with Gasteiger partial charge in [-0.15, -0.1) is 0 Å². The normalized spacial score (nSPS) is 15.7. The number of aromatic carboxylic acids is 1. The minimum Gasteiger partial charge on any atom is -0.478 e. The van der Waals surface area contributed by atoms with E-state index in [1.165, 1.54) is 37.3 Å².